The molecule has 0 spiro atoms. The molecule has 0 aliphatic carbocycles. The van der Waals surface area contributed by atoms with E-state index in [-0.39, 0.29) is 0 Å². The second-order valence-electron chi connectivity index (χ2n) is 3.27. The molecule has 0 saturated heterocycles. The van der Waals surface area contributed by atoms with E-state index in [1.807, 2.05) is 25.2 Å². The maximum atomic E-state index is 5.40. The van der Waals surface area contributed by atoms with Crippen LogP contribution in [0.3, 0.4) is 0 Å². The summed E-state index contributed by atoms with van der Waals surface area (Å²) in [5, 5.41) is 4.22. The lowest BCUT2D eigenvalue weighted by atomic mass is 10.1. The Morgan fingerprint density at radius 1 is 1.44 bits per heavy atom. The van der Waals surface area contributed by atoms with Gasteiger partial charge in [0.2, 0.25) is 0 Å². The SMILES string of the molecule is COc1c(NN)cccc1-c1ncn(C)n1. The van der Waals surface area contributed by atoms with Gasteiger partial charge in [-0.05, 0) is 12.1 Å². The van der Waals surface area contributed by atoms with Crippen molar-refractivity contribution >= 4 is 5.69 Å². The second kappa shape index (κ2) is 4.19. The van der Waals surface area contributed by atoms with Crippen LogP contribution in [0.1, 0.15) is 0 Å². The Morgan fingerprint density at radius 3 is 2.81 bits per heavy atom. The van der Waals surface area contributed by atoms with Crippen LogP contribution in [0, 0.1) is 0 Å². The van der Waals surface area contributed by atoms with Gasteiger partial charge in [-0.2, -0.15) is 5.10 Å². The molecule has 0 saturated carbocycles. The van der Waals surface area contributed by atoms with Crippen molar-refractivity contribution < 1.29 is 4.74 Å². The molecule has 2 aromatic rings. The molecule has 0 radical (unpaired) electrons. The number of benzene rings is 1. The van der Waals surface area contributed by atoms with Crippen LogP contribution >= 0.6 is 0 Å². The molecule has 0 atom stereocenters. The number of methoxy groups -OCH3 is 1. The highest BCUT2D eigenvalue weighted by Gasteiger charge is 2.12. The van der Waals surface area contributed by atoms with Crippen LogP contribution in [0.5, 0.6) is 5.75 Å². The van der Waals surface area contributed by atoms with Crippen LogP contribution in [0.2, 0.25) is 0 Å². The fourth-order valence-electron chi connectivity index (χ4n) is 1.51. The molecule has 6 nitrogen and oxygen atoms in total. The average Bonchev–Trinajstić information content (AvgIpc) is 2.74. The first-order valence-electron chi connectivity index (χ1n) is 4.76. The van der Waals surface area contributed by atoms with Gasteiger partial charge in [-0.25, -0.2) is 4.98 Å². The number of anilines is 1. The molecule has 0 fully saturated rings. The summed E-state index contributed by atoms with van der Waals surface area (Å²) in [4.78, 5) is 4.17. The molecule has 84 valence electrons. The number of hydrazine groups is 1. The number of aromatic nitrogens is 3. The minimum atomic E-state index is 0.608. The van der Waals surface area contributed by atoms with E-state index in [4.69, 9.17) is 10.6 Å². The summed E-state index contributed by atoms with van der Waals surface area (Å²) in [5.74, 6) is 6.65. The van der Waals surface area contributed by atoms with E-state index in [9.17, 15) is 0 Å². The number of nitrogens with one attached hydrogen (secondary N) is 1. The van der Waals surface area contributed by atoms with Gasteiger partial charge in [-0.15, -0.1) is 0 Å². The number of aryl methyl sites for hydroxylation is 1. The van der Waals surface area contributed by atoms with Gasteiger partial charge in [0.15, 0.2) is 11.6 Å². The van der Waals surface area contributed by atoms with Gasteiger partial charge < -0.3 is 10.2 Å². The predicted molar refractivity (Wildman–Crippen MR) is 60.8 cm³/mol. The van der Waals surface area contributed by atoms with Gasteiger partial charge >= 0.3 is 0 Å². The fraction of sp³-hybridized carbons (Fsp3) is 0.200. The van der Waals surface area contributed by atoms with Gasteiger partial charge in [0.05, 0.1) is 18.4 Å². The third-order valence-electron chi connectivity index (χ3n) is 2.22. The van der Waals surface area contributed by atoms with E-state index in [0.717, 1.165) is 5.56 Å². The van der Waals surface area contributed by atoms with Crippen molar-refractivity contribution in [2.45, 2.75) is 0 Å². The summed E-state index contributed by atoms with van der Waals surface area (Å²) in [5.41, 5.74) is 4.08. The Morgan fingerprint density at radius 2 is 2.25 bits per heavy atom. The number of nitrogens with zero attached hydrogens (tertiary/aromatic N) is 3. The van der Waals surface area contributed by atoms with E-state index in [0.29, 0.717) is 17.3 Å². The van der Waals surface area contributed by atoms with Gasteiger partial charge in [0, 0.05) is 7.05 Å². The topological polar surface area (TPSA) is 78.0 Å². The number of para-hydroxylation sites is 1. The lowest BCUT2D eigenvalue weighted by molar-refractivity contribution is 0.418. The van der Waals surface area contributed by atoms with E-state index >= 15 is 0 Å². The van der Waals surface area contributed by atoms with Crippen LogP contribution in [0.25, 0.3) is 11.4 Å². The number of nitrogens with two attached hydrogens (primary N) is 1. The Kier molecular flexibility index (Phi) is 2.74. The molecule has 0 aliphatic rings. The molecule has 0 amide bonds. The average molecular weight is 219 g/mol. The quantitative estimate of drug-likeness (QED) is 0.589. The molecule has 6 heteroatoms. The number of hydrogen-bond donors (Lipinski definition) is 2. The molecule has 1 heterocycles. The van der Waals surface area contributed by atoms with Crippen molar-refractivity contribution in [2.75, 3.05) is 12.5 Å². The van der Waals surface area contributed by atoms with Gasteiger partial charge in [0.1, 0.15) is 6.33 Å². The molecule has 0 bridgehead atoms. The molecule has 0 aliphatic heterocycles. The van der Waals surface area contributed by atoms with Crippen LogP contribution in [-0.2, 0) is 7.05 Å². The first-order valence-corrected chi connectivity index (χ1v) is 4.76. The summed E-state index contributed by atoms with van der Waals surface area (Å²) in [6.07, 6.45) is 1.64. The summed E-state index contributed by atoms with van der Waals surface area (Å²) in [6, 6.07) is 5.57. The first-order chi connectivity index (χ1) is 7.76. The Labute approximate surface area is 93.0 Å². The maximum Gasteiger partial charge on any atom is 0.184 e. The third kappa shape index (κ3) is 1.70. The minimum absolute atomic E-state index is 0.608. The number of ether oxygens (including phenoxy) is 1. The second-order valence-corrected chi connectivity index (χ2v) is 3.27. The van der Waals surface area contributed by atoms with Gasteiger partial charge in [-0.3, -0.25) is 10.5 Å². The zero-order valence-corrected chi connectivity index (χ0v) is 9.14. The third-order valence-corrected chi connectivity index (χ3v) is 2.22. The molecule has 3 N–H and O–H groups in total. The van der Waals surface area contributed by atoms with Gasteiger partial charge in [0.25, 0.3) is 0 Å². The van der Waals surface area contributed by atoms with Crippen molar-refractivity contribution in [2.24, 2.45) is 12.9 Å². The minimum Gasteiger partial charge on any atom is -0.494 e. The maximum absolute atomic E-state index is 5.40. The molecule has 1 aromatic carbocycles. The monoisotopic (exact) mass is 219 g/mol. The summed E-state index contributed by atoms with van der Waals surface area (Å²) in [6.45, 7) is 0. The zero-order chi connectivity index (χ0) is 11.5. The van der Waals surface area contributed by atoms with E-state index in [2.05, 4.69) is 15.5 Å². The van der Waals surface area contributed by atoms with Crippen LogP contribution < -0.4 is 16.0 Å². The van der Waals surface area contributed by atoms with Crippen molar-refractivity contribution in [3.8, 4) is 17.1 Å². The van der Waals surface area contributed by atoms with E-state index in [1.54, 1.807) is 18.1 Å². The lowest BCUT2D eigenvalue weighted by Crippen LogP contribution is -2.08. The summed E-state index contributed by atoms with van der Waals surface area (Å²) in [7, 11) is 3.40. The smallest absolute Gasteiger partial charge is 0.184 e. The fourth-order valence-corrected chi connectivity index (χ4v) is 1.51. The molecule has 16 heavy (non-hydrogen) atoms. The largest absolute Gasteiger partial charge is 0.494 e. The summed E-state index contributed by atoms with van der Waals surface area (Å²) >= 11 is 0. The molecule has 2 rings (SSSR count). The van der Waals surface area contributed by atoms with Crippen molar-refractivity contribution in [1.29, 1.82) is 0 Å². The number of rotatable bonds is 3. The Bertz CT molecular complexity index is 494. The van der Waals surface area contributed by atoms with Crippen LogP contribution in [0.4, 0.5) is 5.69 Å². The molecule has 1 aromatic heterocycles. The zero-order valence-electron chi connectivity index (χ0n) is 9.14. The van der Waals surface area contributed by atoms with E-state index in [1.165, 1.54) is 0 Å². The lowest BCUT2D eigenvalue weighted by Gasteiger charge is -2.10. The van der Waals surface area contributed by atoms with Crippen LogP contribution in [0.15, 0.2) is 24.5 Å². The summed E-state index contributed by atoms with van der Waals surface area (Å²) < 4.78 is 6.94. The highest BCUT2D eigenvalue weighted by Crippen LogP contribution is 2.33. The molecule has 0 unspecified atom stereocenters. The van der Waals surface area contributed by atoms with Crippen molar-refractivity contribution in [3.05, 3.63) is 24.5 Å². The van der Waals surface area contributed by atoms with Crippen molar-refractivity contribution in [3.63, 3.8) is 0 Å². The first kappa shape index (κ1) is 10.4. The normalized spacial score (nSPS) is 10.2. The van der Waals surface area contributed by atoms with Crippen molar-refractivity contribution in [1.82, 2.24) is 14.8 Å². The Hall–Kier alpha value is -2.08. The number of hydrogen-bond acceptors (Lipinski definition) is 5. The van der Waals surface area contributed by atoms with Crippen LogP contribution in [-0.4, -0.2) is 21.9 Å². The molecular weight excluding hydrogens is 206 g/mol. The Balaban J connectivity index is 2.56. The molecular formula is C10H13N5O. The highest BCUT2D eigenvalue weighted by molar-refractivity contribution is 5.74. The van der Waals surface area contributed by atoms with Gasteiger partial charge in [-0.1, -0.05) is 6.07 Å². The highest BCUT2D eigenvalue weighted by atomic mass is 16.5. The number of nitrogen functional groups attached to an aromatic ring is 1. The predicted octanol–water partition coefficient (Wildman–Crippen LogP) is 0.776. The van der Waals surface area contributed by atoms with E-state index < -0.39 is 0 Å². The standard InChI is InChI=1S/C10H13N5O/c1-15-6-12-10(14-15)7-4-3-5-8(13-11)9(7)16-2/h3-6,13H,11H2,1-2H3.